The van der Waals surface area contributed by atoms with Gasteiger partial charge in [0, 0.05) is 11.7 Å². The van der Waals surface area contributed by atoms with Crippen LogP contribution in [0.25, 0.3) is 0 Å². The second-order valence-electron chi connectivity index (χ2n) is 6.67. The lowest BCUT2D eigenvalue weighted by Gasteiger charge is -2.48. The maximum atomic E-state index is 12.7. The van der Waals surface area contributed by atoms with Crippen LogP contribution in [0.2, 0.25) is 0 Å². The topological polar surface area (TPSA) is 122 Å². The van der Waals surface area contributed by atoms with Crippen LogP contribution in [0.4, 0.5) is 4.79 Å². The molecule has 2 fully saturated rings. The van der Waals surface area contributed by atoms with Crippen molar-refractivity contribution in [1.29, 1.82) is 0 Å². The van der Waals surface area contributed by atoms with Gasteiger partial charge in [0.1, 0.15) is 10.8 Å². The third-order valence-electron chi connectivity index (χ3n) is 4.93. The maximum Gasteiger partial charge on any atom is 0.410 e. The van der Waals surface area contributed by atoms with Crippen molar-refractivity contribution < 1.29 is 29.0 Å². The number of hydrogen-bond acceptors (Lipinski definition) is 9. The van der Waals surface area contributed by atoms with Gasteiger partial charge in [0.15, 0.2) is 0 Å². The molecule has 3 amide bonds. The first-order valence-corrected chi connectivity index (χ1v) is 10.8. The summed E-state index contributed by atoms with van der Waals surface area (Å²) in [5, 5.41) is 14.0. The molecule has 1 saturated carbocycles. The van der Waals surface area contributed by atoms with E-state index in [1.165, 1.54) is 0 Å². The summed E-state index contributed by atoms with van der Waals surface area (Å²) in [5.74, 6) is -3.06. The molecule has 1 heterocycles. The van der Waals surface area contributed by atoms with Crippen molar-refractivity contribution in [2.75, 3.05) is 5.75 Å². The number of aliphatic carboxylic acids is 1. The SMILES string of the molecule is O=C(N[C@@H](CS[C@@]12C(=O)NC(=O)[C@@H]1C[C@H]2c1ccccc1)C(=O)O)OC(S)(S)S. The minimum Gasteiger partial charge on any atom is -0.480 e. The molecule has 2 aliphatic rings. The number of carboxylic acids is 1. The van der Waals surface area contributed by atoms with Crippen molar-refractivity contribution in [3.8, 4) is 0 Å². The molecule has 0 bridgehead atoms. The number of nitrogens with one attached hydrogen (secondary N) is 2. The predicted molar refractivity (Wildman–Crippen MR) is 116 cm³/mol. The lowest BCUT2D eigenvalue weighted by molar-refractivity contribution is -0.138. The number of thiol groups is 3. The van der Waals surface area contributed by atoms with Gasteiger partial charge in [-0.2, -0.15) is 0 Å². The van der Waals surface area contributed by atoms with E-state index in [0.717, 1.165) is 17.3 Å². The summed E-state index contributed by atoms with van der Waals surface area (Å²) in [5.41, 5.74) is 0.894. The Kier molecular flexibility index (Phi) is 6.37. The molecule has 1 aliphatic carbocycles. The Morgan fingerprint density at radius 3 is 2.48 bits per heavy atom. The average Bonchev–Trinajstić information content (AvgIpc) is 2.76. The van der Waals surface area contributed by atoms with Gasteiger partial charge >= 0.3 is 12.1 Å². The number of hydrogen-bond donors (Lipinski definition) is 6. The Balaban J connectivity index is 1.77. The van der Waals surface area contributed by atoms with Crippen LogP contribution in [0.15, 0.2) is 30.3 Å². The van der Waals surface area contributed by atoms with E-state index in [1.807, 2.05) is 30.3 Å². The van der Waals surface area contributed by atoms with Crippen LogP contribution in [0.1, 0.15) is 17.9 Å². The van der Waals surface area contributed by atoms with E-state index in [2.05, 4.69) is 48.5 Å². The summed E-state index contributed by atoms with van der Waals surface area (Å²) in [7, 11) is 0. The van der Waals surface area contributed by atoms with Crippen LogP contribution in [-0.4, -0.2) is 49.1 Å². The number of alkyl carbamates (subject to hydrolysis) is 1. The number of carbonyl (C=O) groups is 4. The number of ether oxygens (including phenoxy) is 1. The summed E-state index contributed by atoms with van der Waals surface area (Å²) in [6, 6.07) is 7.91. The Bertz CT molecular complexity index is 846. The molecule has 3 rings (SSSR count). The fourth-order valence-corrected chi connectivity index (χ4v) is 5.55. The second-order valence-corrected chi connectivity index (χ2v) is 10.9. The number of carboxylic acid groups (broad SMARTS) is 1. The second kappa shape index (κ2) is 8.32. The van der Waals surface area contributed by atoms with Gasteiger partial charge in [-0.1, -0.05) is 30.3 Å². The van der Waals surface area contributed by atoms with Crippen LogP contribution in [0.5, 0.6) is 0 Å². The van der Waals surface area contributed by atoms with Gasteiger partial charge in [-0.05, 0) is 12.0 Å². The van der Waals surface area contributed by atoms with E-state index in [0.29, 0.717) is 6.42 Å². The summed E-state index contributed by atoms with van der Waals surface area (Å²) in [6.45, 7) is 0. The van der Waals surface area contributed by atoms with E-state index in [4.69, 9.17) is 4.74 Å². The number of thioether (sulfide) groups is 1. The molecular formula is C17H18N2O6S4. The van der Waals surface area contributed by atoms with Crippen LogP contribution in [0.3, 0.4) is 0 Å². The molecule has 0 unspecified atom stereocenters. The van der Waals surface area contributed by atoms with Crippen molar-refractivity contribution in [2.24, 2.45) is 5.92 Å². The quantitative estimate of drug-likeness (QED) is 0.201. The third-order valence-corrected chi connectivity index (χ3v) is 6.93. The molecule has 12 heteroatoms. The van der Waals surface area contributed by atoms with Crippen LogP contribution in [0, 0.1) is 5.92 Å². The van der Waals surface area contributed by atoms with Gasteiger partial charge in [-0.15, -0.1) is 49.6 Å². The Morgan fingerprint density at radius 1 is 1.28 bits per heavy atom. The highest BCUT2D eigenvalue weighted by Gasteiger charge is 2.68. The minimum absolute atomic E-state index is 0.149. The summed E-state index contributed by atoms with van der Waals surface area (Å²) in [6.07, 6.45) is -0.587. The first-order valence-electron chi connectivity index (χ1n) is 8.48. The van der Waals surface area contributed by atoms with Gasteiger partial charge in [0.2, 0.25) is 15.4 Å². The van der Waals surface area contributed by atoms with Gasteiger partial charge in [-0.3, -0.25) is 14.9 Å². The molecule has 0 spiro atoms. The fourth-order valence-electron chi connectivity index (χ4n) is 3.61. The number of rotatable bonds is 7. The van der Waals surface area contributed by atoms with Crippen molar-refractivity contribution in [3.63, 3.8) is 0 Å². The molecule has 1 aromatic rings. The number of benzene rings is 1. The lowest BCUT2D eigenvalue weighted by Crippen LogP contribution is -2.55. The van der Waals surface area contributed by atoms with Crippen LogP contribution in [-0.2, 0) is 19.1 Å². The molecule has 1 aromatic carbocycles. The van der Waals surface area contributed by atoms with E-state index >= 15 is 0 Å². The lowest BCUT2D eigenvalue weighted by atomic mass is 9.62. The molecule has 0 radical (unpaired) electrons. The highest BCUT2D eigenvalue weighted by Crippen LogP contribution is 2.60. The van der Waals surface area contributed by atoms with Gasteiger partial charge in [0.25, 0.3) is 0 Å². The van der Waals surface area contributed by atoms with Gasteiger partial charge in [0.05, 0.1) is 5.92 Å². The summed E-state index contributed by atoms with van der Waals surface area (Å²) < 4.78 is 1.92. The number of imide groups is 1. The first-order chi connectivity index (χ1) is 13.5. The molecule has 3 N–H and O–H groups in total. The molecule has 8 nitrogen and oxygen atoms in total. The van der Waals surface area contributed by atoms with Crippen LogP contribution >= 0.6 is 49.6 Å². The van der Waals surface area contributed by atoms with Crippen molar-refractivity contribution in [3.05, 3.63) is 35.9 Å². The molecule has 1 aliphatic heterocycles. The number of fused-ring (bicyclic) bond motifs is 1. The molecule has 4 atom stereocenters. The third kappa shape index (κ3) is 4.49. The minimum atomic E-state index is -1.69. The van der Waals surface area contributed by atoms with Crippen LogP contribution < -0.4 is 10.6 Å². The number of carbonyl (C=O) groups excluding carboxylic acids is 3. The largest absolute Gasteiger partial charge is 0.480 e. The molecule has 1 saturated heterocycles. The highest BCUT2D eigenvalue weighted by atomic mass is 32.2. The standard InChI is InChI=1S/C17H18N2O6S4/c20-12-10-6-9(8-4-2-1-3-5-8)16(10,14(23)19-12)29-7-11(13(21)22)18-15(24)25-17(26,27)28/h1-5,9-11,26-28H,6-7H2,(H,18,24)(H,21,22)(H,19,20,23)/t9-,10-,11-,16+/m0/s1. The van der Waals surface area contributed by atoms with Crippen molar-refractivity contribution >= 4 is 73.5 Å². The molecule has 29 heavy (non-hydrogen) atoms. The number of amides is 3. The molecular weight excluding hydrogens is 456 g/mol. The smallest absolute Gasteiger partial charge is 0.410 e. The summed E-state index contributed by atoms with van der Waals surface area (Å²) in [4.78, 5) is 48.3. The monoisotopic (exact) mass is 474 g/mol. The zero-order chi connectivity index (χ0) is 21.4. The van der Waals surface area contributed by atoms with Gasteiger partial charge < -0.3 is 15.2 Å². The van der Waals surface area contributed by atoms with E-state index in [-0.39, 0.29) is 17.6 Å². The average molecular weight is 475 g/mol. The highest BCUT2D eigenvalue weighted by molar-refractivity contribution is 8.16. The van der Waals surface area contributed by atoms with Gasteiger partial charge in [-0.25, -0.2) is 9.59 Å². The van der Waals surface area contributed by atoms with E-state index in [9.17, 15) is 24.3 Å². The zero-order valence-electron chi connectivity index (χ0n) is 14.8. The Hall–Kier alpha value is -1.50. The van der Waals surface area contributed by atoms with Crippen molar-refractivity contribution in [2.45, 2.75) is 26.7 Å². The first kappa shape index (κ1) is 22.2. The molecule has 156 valence electrons. The maximum absolute atomic E-state index is 12.7. The zero-order valence-corrected chi connectivity index (χ0v) is 18.3. The normalized spacial score (nSPS) is 26.7. The Morgan fingerprint density at radius 2 is 1.93 bits per heavy atom. The van der Waals surface area contributed by atoms with Crippen molar-refractivity contribution in [1.82, 2.24) is 10.6 Å². The van der Waals surface area contributed by atoms with E-state index < -0.39 is 38.3 Å². The predicted octanol–water partition coefficient (Wildman–Crippen LogP) is 1.50. The van der Waals surface area contributed by atoms with E-state index in [1.54, 1.807) is 0 Å². The Labute approximate surface area is 187 Å². The molecule has 0 aromatic heterocycles. The summed E-state index contributed by atoms with van der Waals surface area (Å²) >= 11 is 12.5. The fraction of sp³-hybridized carbons (Fsp3) is 0.412.